The highest BCUT2D eigenvalue weighted by Gasteiger charge is 1.85. The molecule has 90 valence electrons. The van der Waals surface area contributed by atoms with Crippen molar-refractivity contribution in [2.45, 2.75) is 87.0 Å². The van der Waals surface area contributed by atoms with Crippen LogP contribution < -0.4 is 0 Å². The van der Waals surface area contributed by atoms with Gasteiger partial charge in [-0.3, -0.25) is 0 Å². The fraction of sp³-hybridized carbons (Fsp3) is 1.00. The summed E-state index contributed by atoms with van der Waals surface area (Å²) in [5, 5.41) is 0. The second-order valence-electron chi connectivity index (χ2n) is 3.89. The van der Waals surface area contributed by atoms with Crippen LogP contribution in [-0.2, 0) is 0 Å². The highest BCUT2D eigenvalue weighted by atomic mass is 13.9. The highest BCUT2D eigenvalue weighted by Crippen LogP contribution is 2.00. The maximum atomic E-state index is 2.25. The van der Waals surface area contributed by atoms with Gasteiger partial charge in [0.05, 0.1) is 0 Å². The Morgan fingerprint density at radius 1 is 0.714 bits per heavy atom. The zero-order valence-corrected chi connectivity index (χ0v) is 11.8. The van der Waals surface area contributed by atoms with Crippen LogP contribution in [0.15, 0.2) is 0 Å². The van der Waals surface area contributed by atoms with E-state index in [1.807, 2.05) is 13.8 Å². The lowest BCUT2D eigenvalue weighted by Crippen LogP contribution is -1.81. The minimum absolute atomic E-state index is 0.898. The minimum atomic E-state index is 0.898. The number of hydrogen-bond donors (Lipinski definition) is 0. The van der Waals surface area contributed by atoms with E-state index in [2.05, 4.69) is 34.6 Å². The van der Waals surface area contributed by atoms with Crippen LogP contribution in [0.25, 0.3) is 0 Å². The second kappa shape index (κ2) is 23.1. The summed E-state index contributed by atoms with van der Waals surface area (Å²) in [5.41, 5.74) is 0. The van der Waals surface area contributed by atoms with Crippen LogP contribution in [0, 0.1) is 5.92 Å². The molecule has 0 aliphatic rings. The molecule has 0 aromatic rings. The van der Waals surface area contributed by atoms with Crippen molar-refractivity contribution in [1.29, 1.82) is 0 Å². The molecule has 0 saturated heterocycles. The summed E-state index contributed by atoms with van der Waals surface area (Å²) in [7, 11) is 0. The Balaban J connectivity index is -0.000000147. The largest absolute Gasteiger partial charge is 0.0683 e. The summed E-state index contributed by atoms with van der Waals surface area (Å²) in [6.45, 7) is 15.2. The van der Waals surface area contributed by atoms with Gasteiger partial charge in [0.15, 0.2) is 0 Å². The summed E-state index contributed by atoms with van der Waals surface area (Å²) in [6, 6.07) is 0. The SMILES string of the molecule is CC.CCCC(C)C.CCCCCC. The van der Waals surface area contributed by atoms with Crippen molar-refractivity contribution in [3.05, 3.63) is 0 Å². The summed E-state index contributed by atoms with van der Waals surface area (Å²) < 4.78 is 0. The number of hydrogen-bond acceptors (Lipinski definition) is 0. The van der Waals surface area contributed by atoms with E-state index in [-0.39, 0.29) is 0 Å². The standard InChI is InChI=1S/2C6H14.C2H6/c1-4-5-6(2)3;1-3-5-6-4-2;1-2/h6H,4-5H2,1-3H3;3-6H2,1-2H3;1-2H3. The monoisotopic (exact) mass is 202 g/mol. The zero-order chi connectivity index (χ0) is 11.8. The van der Waals surface area contributed by atoms with Crippen LogP contribution in [0.2, 0.25) is 0 Å². The Morgan fingerprint density at radius 3 is 1.14 bits per heavy atom. The molecular weight excluding hydrogens is 168 g/mol. The van der Waals surface area contributed by atoms with E-state index >= 15 is 0 Å². The molecule has 0 rings (SSSR count). The summed E-state index contributed by atoms with van der Waals surface area (Å²) in [6.07, 6.45) is 8.24. The predicted octanol–water partition coefficient (Wildman–Crippen LogP) is 6.06. The molecule has 0 bridgehead atoms. The summed E-state index contributed by atoms with van der Waals surface area (Å²) >= 11 is 0. The fourth-order valence-corrected chi connectivity index (χ4v) is 1.08. The molecule has 0 spiro atoms. The fourth-order valence-electron chi connectivity index (χ4n) is 1.08. The molecule has 0 aliphatic heterocycles. The lowest BCUT2D eigenvalue weighted by Gasteiger charge is -1.95. The van der Waals surface area contributed by atoms with Gasteiger partial charge in [-0.05, 0) is 5.92 Å². The quantitative estimate of drug-likeness (QED) is 0.476. The van der Waals surface area contributed by atoms with Gasteiger partial charge in [-0.2, -0.15) is 0 Å². The molecule has 0 aromatic heterocycles. The Hall–Kier alpha value is 0. The predicted molar refractivity (Wildman–Crippen MR) is 70.9 cm³/mol. The molecule has 0 N–H and O–H groups in total. The van der Waals surface area contributed by atoms with E-state index in [0.717, 1.165) is 5.92 Å². The molecule has 0 fully saturated rings. The third-order valence-corrected chi connectivity index (χ3v) is 1.82. The normalized spacial score (nSPS) is 8.57. The van der Waals surface area contributed by atoms with Gasteiger partial charge >= 0.3 is 0 Å². The third kappa shape index (κ3) is 40.3. The maximum Gasteiger partial charge on any atom is -0.0471 e. The van der Waals surface area contributed by atoms with Crippen LogP contribution in [0.5, 0.6) is 0 Å². The van der Waals surface area contributed by atoms with E-state index in [9.17, 15) is 0 Å². The van der Waals surface area contributed by atoms with Gasteiger partial charge in [0.25, 0.3) is 0 Å². The van der Waals surface area contributed by atoms with Crippen molar-refractivity contribution in [1.82, 2.24) is 0 Å². The van der Waals surface area contributed by atoms with Crippen molar-refractivity contribution in [2.75, 3.05) is 0 Å². The van der Waals surface area contributed by atoms with Gasteiger partial charge in [-0.25, -0.2) is 0 Å². The molecule has 0 radical (unpaired) electrons. The van der Waals surface area contributed by atoms with Gasteiger partial charge in [-0.1, -0.05) is 87.0 Å². The number of unbranched alkanes of at least 4 members (excludes halogenated alkanes) is 3. The highest BCUT2D eigenvalue weighted by molar-refractivity contribution is 4.38. The van der Waals surface area contributed by atoms with Gasteiger partial charge in [0.1, 0.15) is 0 Å². The molecule has 0 saturated carbocycles. The first-order valence-corrected chi connectivity index (χ1v) is 6.68. The van der Waals surface area contributed by atoms with E-state index < -0.39 is 0 Å². The molecule has 0 nitrogen and oxygen atoms in total. The molecule has 0 heterocycles. The summed E-state index contributed by atoms with van der Waals surface area (Å²) in [5.74, 6) is 0.898. The Morgan fingerprint density at radius 2 is 1.07 bits per heavy atom. The first-order valence-electron chi connectivity index (χ1n) is 6.68. The van der Waals surface area contributed by atoms with Crippen LogP contribution in [0.1, 0.15) is 87.0 Å². The van der Waals surface area contributed by atoms with Crippen molar-refractivity contribution < 1.29 is 0 Å². The van der Waals surface area contributed by atoms with Crippen LogP contribution in [0.3, 0.4) is 0 Å². The Bertz CT molecular complexity index is 51.1. The van der Waals surface area contributed by atoms with Crippen LogP contribution >= 0.6 is 0 Å². The Kier molecular flexibility index (Phi) is 32.3. The average molecular weight is 202 g/mol. The molecule has 0 atom stereocenters. The third-order valence-electron chi connectivity index (χ3n) is 1.82. The molecule has 14 heavy (non-hydrogen) atoms. The van der Waals surface area contributed by atoms with Crippen molar-refractivity contribution in [3.63, 3.8) is 0 Å². The first-order chi connectivity index (χ1) is 6.68. The molecule has 0 amide bonds. The lowest BCUT2D eigenvalue weighted by atomic mass is 10.1. The maximum absolute atomic E-state index is 2.25. The first kappa shape index (κ1) is 19.6. The molecular formula is C14H34. The molecule has 0 unspecified atom stereocenters. The second-order valence-corrected chi connectivity index (χ2v) is 3.89. The Labute approximate surface area is 93.5 Å². The average Bonchev–Trinajstić information content (AvgIpc) is 2.18. The zero-order valence-electron chi connectivity index (χ0n) is 11.8. The van der Waals surface area contributed by atoms with Crippen LogP contribution in [-0.4, -0.2) is 0 Å². The van der Waals surface area contributed by atoms with Gasteiger partial charge in [-0.15, -0.1) is 0 Å². The lowest BCUT2D eigenvalue weighted by molar-refractivity contribution is 0.576. The van der Waals surface area contributed by atoms with E-state index in [4.69, 9.17) is 0 Å². The van der Waals surface area contributed by atoms with Gasteiger partial charge < -0.3 is 0 Å². The topological polar surface area (TPSA) is 0 Å². The molecule has 0 heteroatoms. The molecule has 0 aliphatic carbocycles. The van der Waals surface area contributed by atoms with Crippen molar-refractivity contribution in [2.24, 2.45) is 5.92 Å². The summed E-state index contributed by atoms with van der Waals surface area (Å²) in [4.78, 5) is 0. The minimum Gasteiger partial charge on any atom is -0.0683 e. The van der Waals surface area contributed by atoms with Crippen LogP contribution in [0.4, 0.5) is 0 Å². The molecule has 0 aromatic carbocycles. The smallest absolute Gasteiger partial charge is 0.0471 e. The number of rotatable bonds is 5. The van der Waals surface area contributed by atoms with E-state index in [0.29, 0.717) is 0 Å². The van der Waals surface area contributed by atoms with E-state index in [1.54, 1.807) is 0 Å². The van der Waals surface area contributed by atoms with Crippen molar-refractivity contribution >= 4 is 0 Å². The van der Waals surface area contributed by atoms with Gasteiger partial charge in [0.2, 0.25) is 0 Å². The van der Waals surface area contributed by atoms with E-state index in [1.165, 1.54) is 38.5 Å². The van der Waals surface area contributed by atoms with Crippen molar-refractivity contribution in [3.8, 4) is 0 Å². The van der Waals surface area contributed by atoms with Gasteiger partial charge in [0, 0.05) is 0 Å².